The summed E-state index contributed by atoms with van der Waals surface area (Å²) in [4.78, 5) is 10.9. The third-order valence-corrected chi connectivity index (χ3v) is 1.33. The molecule has 0 saturated carbocycles. The van der Waals surface area contributed by atoms with Gasteiger partial charge in [-0.2, -0.15) is 0 Å². The third kappa shape index (κ3) is 7.32. The van der Waals surface area contributed by atoms with E-state index in [0.29, 0.717) is 0 Å². The molecule has 0 bridgehead atoms. The first kappa shape index (κ1) is 11.2. The molecule has 0 spiro atoms. The lowest BCUT2D eigenvalue weighted by molar-refractivity contribution is -0.141. The van der Waals surface area contributed by atoms with E-state index in [1.165, 1.54) is 6.08 Å². The van der Waals surface area contributed by atoms with Gasteiger partial charge in [0.1, 0.15) is 0 Å². The van der Waals surface area contributed by atoms with Crippen LogP contribution in [0, 0.1) is 0 Å². The van der Waals surface area contributed by atoms with E-state index in [1.54, 1.807) is 0 Å². The van der Waals surface area contributed by atoms with Crippen LogP contribution >= 0.6 is 0 Å². The Labute approximate surface area is 74.6 Å². The van der Waals surface area contributed by atoms with Gasteiger partial charge in [0, 0.05) is 6.08 Å². The Bertz CT molecular complexity index is 148. The van der Waals surface area contributed by atoms with Gasteiger partial charge in [0.25, 0.3) is 0 Å². The largest absolute Gasteiger partial charge is 0.460 e. The Morgan fingerprint density at radius 2 is 2.17 bits per heavy atom. The first-order valence-corrected chi connectivity index (χ1v) is 4.54. The zero-order valence-electron chi connectivity index (χ0n) is 8.17. The standard InChI is InChI=1S/C10H18O2/c1-4-5-6-7-8-10(11)12-9(2)3/h7-9H,4-6H2,1-3H3/b8-7+. The number of esters is 1. The zero-order valence-corrected chi connectivity index (χ0v) is 8.17. The molecule has 0 radical (unpaired) electrons. The molecule has 0 aliphatic carbocycles. The Balaban J connectivity index is 3.47. The van der Waals surface area contributed by atoms with Gasteiger partial charge >= 0.3 is 5.97 Å². The molecule has 0 fully saturated rings. The molecule has 2 nitrogen and oxygen atoms in total. The van der Waals surface area contributed by atoms with Gasteiger partial charge in [-0.25, -0.2) is 4.79 Å². The normalized spacial score (nSPS) is 11.0. The Morgan fingerprint density at radius 1 is 1.50 bits per heavy atom. The molecule has 12 heavy (non-hydrogen) atoms. The number of hydrogen-bond acceptors (Lipinski definition) is 2. The molecule has 70 valence electrons. The van der Waals surface area contributed by atoms with Crippen LogP contribution in [0.2, 0.25) is 0 Å². The van der Waals surface area contributed by atoms with Gasteiger partial charge in [-0.15, -0.1) is 0 Å². The van der Waals surface area contributed by atoms with Crippen LogP contribution in [0.3, 0.4) is 0 Å². The quantitative estimate of drug-likeness (QED) is 0.360. The van der Waals surface area contributed by atoms with Gasteiger partial charge in [0.15, 0.2) is 0 Å². The highest BCUT2D eigenvalue weighted by molar-refractivity contribution is 5.81. The predicted molar refractivity (Wildman–Crippen MR) is 49.9 cm³/mol. The van der Waals surface area contributed by atoms with Crippen molar-refractivity contribution in [3.63, 3.8) is 0 Å². The van der Waals surface area contributed by atoms with Gasteiger partial charge in [-0.05, 0) is 20.3 Å². The fraction of sp³-hybridized carbons (Fsp3) is 0.700. The summed E-state index contributed by atoms with van der Waals surface area (Å²) in [5, 5.41) is 0. The van der Waals surface area contributed by atoms with Crippen molar-refractivity contribution in [1.82, 2.24) is 0 Å². The van der Waals surface area contributed by atoms with Gasteiger partial charge in [0.2, 0.25) is 0 Å². The summed E-state index contributed by atoms with van der Waals surface area (Å²) in [5.74, 6) is -0.235. The van der Waals surface area contributed by atoms with Crippen molar-refractivity contribution in [3.05, 3.63) is 12.2 Å². The van der Waals surface area contributed by atoms with Crippen LogP contribution in [0.25, 0.3) is 0 Å². The van der Waals surface area contributed by atoms with Crippen molar-refractivity contribution in [2.75, 3.05) is 0 Å². The molecule has 0 aliphatic rings. The molecule has 0 unspecified atom stereocenters. The molecule has 0 amide bonds. The molecule has 0 atom stereocenters. The second kappa shape index (κ2) is 6.89. The van der Waals surface area contributed by atoms with Crippen molar-refractivity contribution in [3.8, 4) is 0 Å². The second-order valence-corrected chi connectivity index (χ2v) is 3.03. The maximum Gasteiger partial charge on any atom is 0.330 e. The predicted octanol–water partition coefficient (Wildman–Crippen LogP) is 2.68. The molecule has 0 aromatic rings. The van der Waals surface area contributed by atoms with E-state index in [1.807, 2.05) is 19.9 Å². The summed E-state index contributed by atoms with van der Waals surface area (Å²) in [6.45, 7) is 5.82. The fourth-order valence-corrected chi connectivity index (χ4v) is 0.773. The number of ether oxygens (including phenoxy) is 1. The number of allylic oxidation sites excluding steroid dienone is 1. The highest BCUT2D eigenvalue weighted by Gasteiger charge is 1.98. The van der Waals surface area contributed by atoms with Crippen molar-refractivity contribution < 1.29 is 9.53 Å². The first-order chi connectivity index (χ1) is 5.66. The topological polar surface area (TPSA) is 26.3 Å². The lowest BCUT2D eigenvalue weighted by Crippen LogP contribution is -2.08. The lowest BCUT2D eigenvalue weighted by Gasteiger charge is -2.03. The van der Waals surface area contributed by atoms with Crippen LogP contribution in [0.4, 0.5) is 0 Å². The van der Waals surface area contributed by atoms with Gasteiger partial charge in [-0.1, -0.05) is 25.8 Å². The van der Waals surface area contributed by atoms with Crippen molar-refractivity contribution >= 4 is 5.97 Å². The Kier molecular flexibility index (Phi) is 6.44. The zero-order chi connectivity index (χ0) is 9.40. The van der Waals surface area contributed by atoms with E-state index in [4.69, 9.17) is 4.74 Å². The maximum absolute atomic E-state index is 10.9. The summed E-state index contributed by atoms with van der Waals surface area (Å²) in [7, 11) is 0. The summed E-state index contributed by atoms with van der Waals surface area (Å²) >= 11 is 0. The monoisotopic (exact) mass is 170 g/mol. The van der Waals surface area contributed by atoms with Crippen LogP contribution < -0.4 is 0 Å². The van der Waals surface area contributed by atoms with E-state index in [0.717, 1.165) is 19.3 Å². The summed E-state index contributed by atoms with van der Waals surface area (Å²) in [6.07, 6.45) is 6.61. The number of unbranched alkanes of at least 4 members (excludes halogenated alkanes) is 2. The average molecular weight is 170 g/mol. The Morgan fingerprint density at radius 3 is 2.67 bits per heavy atom. The highest BCUT2D eigenvalue weighted by Crippen LogP contribution is 1.96. The second-order valence-electron chi connectivity index (χ2n) is 3.03. The number of carbonyl (C=O) groups excluding carboxylic acids is 1. The highest BCUT2D eigenvalue weighted by atomic mass is 16.5. The van der Waals surface area contributed by atoms with Crippen molar-refractivity contribution in [2.45, 2.75) is 46.1 Å². The smallest absolute Gasteiger partial charge is 0.330 e. The summed E-state index contributed by atoms with van der Waals surface area (Å²) in [6, 6.07) is 0. The van der Waals surface area contributed by atoms with E-state index in [-0.39, 0.29) is 12.1 Å². The maximum atomic E-state index is 10.9. The van der Waals surface area contributed by atoms with Gasteiger partial charge in [-0.3, -0.25) is 0 Å². The van der Waals surface area contributed by atoms with E-state index >= 15 is 0 Å². The number of hydrogen-bond donors (Lipinski definition) is 0. The number of carbonyl (C=O) groups is 1. The molecule has 0 rings (SSSR count). The molecule has 0 aromatic heterocycles. The van der Waals surface area contributed by atoms with E-state index < -0.39 is 0 Å². The third-order valence-electron chi connectivity index (χ3n) is 1.33. The minimum atomic E-state index is -0.235. The molecule has 2 heteroatoms. The first-order valence-electron chi connectivity index (χ1n) is 4.54. The van der Waals surface area contributed by atoms with E-state index in [9.17, 15) is 4.79 Å². The van der Waals surface area contributed by atoms with Crippen LogP contribution in [-0.2, 0) is 9.53 Å². The van der Waals surface area contributed by atoms with Gasteiger partial charge < -0.3 is 4.74 Å². The molecule has 0 aliphatic heterocycles. The van der Waals surface area contributed by atoms with E-state index in [2.05, 4.69) is 6.92 Å². The summed E-state index contributed by atoms with van der Waals surface area (Å²) < 4.78 is 4.90. The summed E-state index contributed by atoms with van der Waals surface area (Å²) in [5.41, 5.74) is 0. The lowest BCUT2D eigenvalue weighted by atomic mass is 10.2. The van der Waals surface area contributed by atoms with Crippen LogP contribution in [0.5, 0.6) is 0 Å². The van der Waals surface area contributed by atoms with Crippen LogP contribution in [0.15, 0.2) is 12.2 Å². The molecule has 0 heterocycles. The molecular formula is C10H18O2. The average Bonchev–Trinajstić information content (AvgIpc) is 1.97. The molecule has 0 aromatic carbocycles. The molecule has 0 saturated heterocycles. The minimum Gasteiger partial charge on any atom is -0.460 e. The fourth-order valence-electron chi connectivity index (χ4n) is 0.773. The van der Waals surface area contributed by atoms with Crippen molar-refractivity contribution in [1.29, 1.82) is 0 Å². The SMILES string of the molecule is CCCC/C=C/C(=O)OC(C)C. The number of rotatable bonds is 5. The van der Waals surface area contributed by atoms with Crippen LogP contribution in [-0.4, -0.2) is 12.1 Å². The van der Waals surface area contributed by atoms with Crippen LogP contribution in [0.1, 0.15) is 40.0 Å². The minimum absolute atomic E-state index is 0.0201. The Hall–Kier alpha value is -0.790. The molecular weight excluding hydrogens is 152 g/mol. The van der Waals surface area contributed by atoms with Gasteiger partial charge in [0.05, 0.1) is 6.10 Å². The van der Waals surface area contributed by atoms with Crippen molar-refractivity contribution in [2.24, 2.45) is 0 Å². The molecule has 0 N–H and O–H groups in total.